The van der Waals surface area contributed by atoms with Crippen molar-refractivity contribution in [2.75, 3.05) is 6.07 Å². The van der Waals surface area contributed by atoms with Gasteiger partial charge in [-0.15, -0.1) is 0 Å². The lowest BCUT2D eigenvalue weighted by atomic mass is 10.2. The summed E-state index contributed by atoms with van der Waals surface area (Å²) in [4.78, 5) is 10.4. The van der Waals surface area contributed by atoms with E-state index in [0.29, 0.717) is 23.3 Å². The van der Waals surface area contributed by atoms with E-state index >= 15 is 0 Å². The molecule has 0 bridgehead atoms. The van der Waals surface area contributed by atoms with E-state index in [1.54, 1.807) is 6.07 Å². The predicted molar refractivity (Wildman–Crippen MR) is 49.7 cm³/mol. The Balaban J connectivity index is 3.02. The largest absolute Gasteiger partial charge is 0.474 e. The molecule has 0 N–H and O–H groups in total. The van der Waals surface area contributed by atoms with E-state index in [9.17, 15) is 4.79 Å². The van der Waals surface area contributed by atoms with Gasteiger partial charge in [0.15, 0.2) is 17.6 Å². The van der Waals surface area contributed by atoms with Gasteiger partial charge in [-0.25, -0.2) is 0 Å². The number of aldehydes is 1. The van der Waals surface area contributed by atoms with Crippen LogP contribution >= 0.6 is 23.5 Å². The van der Waals surface area contributed by atoms with Crippen molar-refractivity contribution in [1.82, 2.24) is 0 Å². The second-order valence-electron chi connectivity index (χ2n) is 2.15. The van der Waals surface area contributed by atoms with Crippen LogP contribution in [0.25, 0.3) is 0 Å². The maximum atomic E-state index is 10.4. The van der Waals surface area contributed by atoms with Crippen LogP contribution in [-0.4, -0.2) is 12.4 Å². The fourth-order valence-corrected chi connectivity index (χ4v) is 1.08. The Morgan fingerprint density at radius 1 is 1.38 bits per heavy atom. The molecule has 0 atom stereocenters. The molecule has 0 fully saturated rings. The van der Waals surface area contributed by atoms with Crippen molar-refractivity contribution in [2.24, 2.45) is 0 Å². The molecule has 0 saturated carbocycles. The minimum atomic E-state index is -0.0322. The molecule has 13 heavy (non-hydrogen) atoms. The SMILES string of the molecule is O=Cc1ccc(OCl)c(OCCl)c1. The van der Waals surface area contributed by atoms with E-state index in [4.69, 9.17) is 28.2 Å². The summed E-state index contributed by atoms with van der Waals surface area (Å²) < 4.78 is 9.44. The monoisotopic (exact) mass is 220 g/mol. The maximum absolute atomic E-state index is 10.4. The van der Waals surface area contributed by atoms with Crippen molar-refractivity contribution < 1.29 is 13.8 Å². The quantitative estimate of drug-likeness (QED) is 0.579. The summed E-state index contributed by atoms with van der Waals surface area (Å²) in [5.74, 6) is 0.669. The standard InChI is InChI=1S/C8H6Cl2O3/c9-5-12-8-3-6(4-11)1-2-7(8)13-10/h1-4H,5H2. The first-order chi connectivity index (χ1) is 6.31. The number of halogens is 2. The summed E-state index contributed by atoms with van der Waals surface area (Å²) in [6.07, 6.45) is 0.694. The lowest BCUT2D eigenvalue weighted by Gasteiger charge is -2.06. The molecule has 5 heteroatoms. The number of rotatable bonds is 4. The zero-order valence-electron chi connectivity index (χ0n) is 6.50. The Labute approximate surface area is 85.3 Å². The maximum Gasteiger partial charge on any atom is 0.188 e. The number of benzene rings is 1. The smallest absolute Gasteiger partial charge is 0.188 e. The Kier molecular flexibility index (Phi) is 3.86. The van der Waals surface area contributed by atoms with Gasteiger partial charge >= 0.3 is 0 Å². The second kappa shape index (κ2) is 4.94. The number of carbonyl (C=O) groups excluding carboxylic acids is 1. The number of carbonyl (C=O) groups is 1. The second-order valence-corrected chi connectivity index (χ2v) is 2.53. The van der Waals surface area contributed by atoms with E-state index in [1.165, 1.54) is 12.1 Å². The molecule has 3 nitrogen and oxygen atoms in total. The number of alkyl halides is 1. The minimum Gasteiger partial charge on any atom is -0.474 e. The van der Waals surface area contributed by atoms with Gasteiger partial charge in [0.05, 0.1) is 0 Å². The lowest BCUT2D eigenvalue weighted by molar-refractivity contribution is 0.112. The highest BCUT2D eigenvalue weighted by molar-refractivity contribution is 6.17. The third kappa shape index (κ3) is 2.50. The van der Waals surface area contributed by atoms with E-state index in [1.807, 2.05) is 0 Å². The summed E-state index contributed by atoms with van der Waals surface area (Å²) in [5, 5.41) is 0. The van der Waals surface area contributed by atoms with Crippen LogP contribution in [0.3, 0.4) is 0 Å². The zero-order chi connectivity index (χ0) is 9.68. The van der Waals surface area contributed by atoms with Crippen LogP contribution in [0.5, 0.6) is 11.5 Å². The molecular weight excluding hydrogens is 215 g/mol. The Bertz CT molecular complexity index is 301. The molecule has 70 valence electrons. The Morgan fingerprint density at radius 2 is 2.15 bits per heavy atom. The van der Waals surface area contributed by atoms with Crippen LogP contribution in [-0.2, 0) is 0 Å². The van der Waals surface area contributed by atoms with E-state index in [0.717, 1.165) is 0 Å². The highest BCUT2D eigenvalue weighted by Crippen LogP contribution is 2.28. The molecule has 1 rings (SSSR count). The van der Waals surface area contributed by atoms with Crippen molar-refractivity contribution in [3.63, 3.8) is 0 Å². The van der Waals surface area contributed by atoms with Crippen molar-refractivity contribution in [3.05, 3.63) is 23.8 Å². The van der Waals surface area contributed by atoms with Crippen molar-refractivity contribution in [1.29, 1.82) is 0 Å². The average molecular weight is 221 g/mol. The fraction of sp³-hybridized carbons (Fsp3) is 0.125. The Hall–Kier alpha value is -0.930. The first-order valence-corrected chi connectivity index (χ1v) is 4.22. The molecule has 0 aliphatic heterocycles. The molecular formula is C8H6Cl2O3. The normalized spacial score (nSPS) is 9.38. The number of hydrogen-bond acceptors (Lipinski definition) is 3. The molecule has 0 amide bonds. The number of ether oxygens (including phenoxy) is 1. The van der Waals surface area contributed by atoms with Gasteiger partial charge < -0.3 is 9.03 Å². The molecule has 1 aromatic rings. The van der Waals surface area contributed by atoms with E-state index < -0.39 is 0 Å². The first-order valence-electron chi connectivity index (χ1n) is 3.38. The van der Waals surface area contributed by atoms with Crippen LogP contribution < -0.4 is 9.03 Å². The molecule has 0 heterocycles. The number of hydrogen-bond donors (Lipinski definition) is 0. The van der Waals surface area contributed by atoms with Crippen LogP contribution in [0, 0.1) is 0 Å². The average Bonchev–Trinajstić information content (AvgIpc) is 2.18. The minimum absolute atomic E-state index is 0.0322. The topological polar surface area (TPSA) is 35.5 Å². The highest BCUT2D eigenvalue weighted by Gasteiger charge is 2.05. The van der Waals surface area contributed by atoms with Crippen LogP contribution in [0.4, 0.5) is 0 Å². The molecule has 0 aromatic heterocycles. The summed E-state index contributed by atoms with van der Waals surface area (Å²) in [7, 11) is 0. The lowest BCUT2D eigenvalue weighted by Crippen LogP contribution is -1.92. The fourth-order valence-electron chi connectivity index (χ4n) is 0.833. The van der Waals surface area contributed by atoms with Gasteiger partial charge in [0.1, 0.15) is 18.2 Å². The Morgan fingerprint density at radius 3 is 2.69 bits per heavy atom. The highest BCUT2D eigenvalue weighted by atomic mass is 35.5. The van der Waals surface area contributed by atoms with Gasteiger partial charge in [0, 0.05) is 5.56 Å². The van der Waals surface area contributed by atoms with Gasteiger partial charge in [-0.1, -0.05) is 11.6 Å². The van der Waals surface area contributed by atoms with E-state index in [-0.39, 0.29) is 6.07 Å². The van der Waals surface area contributed by atoms with Crippen molar-refractivity contribution >= 4 is 29.8 Å². The van der Waals surface area contributed by atoms with Gasteiger partial charge in [-0.05, 0) is 18.2 Å². The molecule has 0 aliphatic carbocycles. The van der Waals surface area contributed by atoms with Gasteiger partial charge in [0.25, 0.3) is 0 Å². The van der Waals surface area contributed by atoms with Gasteiger partial charge in [-0.3, -0.25) is 4.79 Å². The van der Waals surface area contributed by atoms with Gasteiger partial charge in [-0.2, -0.15) is 0 Å². The molecule has 0 unspecified atom stereocenters. The zero-order valence-corrected chi connectivity index (χ0v) is 8.01. The van der Waals surface area contributed by atoms with Crippen LogP contribution in [0.2, 0.25) is 0 Å². The third-order valence-corrected chi connectivity index (χ3v) is 1.67. The predicted octanol–water partition coefficient (Wildman–Crippen LogP) is 2.61. The van der Waals surface area contributed by atoms with Crippen molar-refractivity contribution in [2.45, 2.75) is 0 Å². The first kappa shape index (κ1) is 10.2. The summed E-state index contributed by atoms with van der Waals surface area (Å²) in [6.45, 7) is 0. The molecule has 0 aliphatic rings. The van der Waals surface area contributed by atoms with E-state index in [2.05, 4.69) is 4.29 Å². The molecule has 0 spiro atoms. The summed E-state index contributed by atoms with van der Waals surface area (Å²) in [6, 6.07) is 4.55. The molecule has 0 radical (unpaired) electrons. The van der Waals surface area contributed by atoms with Crippen LogP contribution in [0.1, 0.15) is 10.4 Å². The third-order valence-electron chi connectivity index (χ3n) is 1.40. The summed E-state index contributed by atoms with van der Waals surface area (Å²) >= 11 is 10.5. The van der Waals surface area contributed by atoms with Crippen LogP contribution in [0.15, 0.2) is 18.2 Å². The molecule has 0 saturated heterocycles. The molecule has 1 aromatic carbocycles. The van der Waals surface area contributed by atoms with Crippen molar-refractivity contribution in [3.8, 4) is 11.5 Å². The van der Waals surface area contributed by atoms with Gasteiger partial charge in [0.2, 0.25) is 0 Å². The summed E-state index contributed by atoms with van der Waals surface area (Å²) in [5.41, 5.74) is 0.470.